The van der Waals surface area contributed by atoms with E-state index in [0.717, 1.165) is 4.47 Å². The van der Waals surface area contributed by atoms with Crippen LogP contribution in [0.5, 0.6) is 11.5 Å². The van der Waals surface area contributed by atoms with Gasteiger partial charge in [-0.15, -0.1) is 0 Å². The summed E-state index contributed by atoms with van der Waals surface area (Å²) in [6.45, 7) is 0. The first-order valence-corrected chi connectivity index (χ1v) is 11.7. The lowest BCUT2D eigenvalue weighted by atomic mass is 9.95. The van der Waals surface area contributed by atoms with Gasteiger partial charge in [-0.3, -0.25) is 0 Å². The van der Waals surface area contributed by atoms with Gasteiger partial charge in [-0.05, 0) is 42.0 Å². The highest BCUT2D eigenvalue weighted by molar-refractivity contribution is 9.10. The molecule has 170 valence electrons. The van der Waals surface area contributed by atoms with Gasteiger partial charge in [0.05, 0.1) is 43.6 Å². The number of sulfone groups is 1. The Morgan fingerprint density at radius 1 is 1.03 bits per heavy atom. The molecule has 3 rings (SSSR count). The van der Waals surface area contributed by atoms with Gasteiger partial charge in [-0.25, -0.2) is 18.0 Å². The maximum absolute atomic E-state index is 13.0. The fraction of sp³-hybridized carbons (Fsp3) is 0.238. The van der Waals surface area contributed by atoms with Crippen molar-refractivity contribution >= 4 is 37.8 Å². The number of esters is 1. The standard InChI is InChI=1S/C21H21BrN2O7S/c1-29-16-9-4-12(10-17(16)30-2)19-18(20(25)31-3)15(23-21(26)24-19)11-32(27,28)14-7-5-13(22)6-8-14/h4-10,19H,11H2,1-3H3,(H2,23,24,26)/t19-/m0/s1. The first-order chi connectivity index (χ1) is 15.2. The van der Waals surface area contributed by atoms with Crippen LogP contribution in [0.4, 0.5) is 4.79 Å². The molecule has 2 amide bonds. The number of amides is 2. The molecule has 11 heteroatoms. The Bertz CT molecular complexity index is 1180. The molecule has 0 aromatic heterocycles. The predicted molar refractivity (Wildman–Crippen MR) is 119 cm³/mol. The highest BCUT2D eigenvalue weighted by atomic mass is 79.9. The molecule has 1 aliphatic rings. The van der Waals surface area contributed by atoms with Crippen molar-refractivity contribution in [2.45, 2.75) is 10.9 Å². The van der Waals surface area contributed by atoms with Crippen molar-refractivity contribution in [2.75, 3.05) is 27.1 Å². The fourth-order valence-corrected chi connectivity index (χ4v) is 4.87. The van der Waals surface area contributed by atoms with Gasteiger partial charge in [0.1, 0.15) is 0 Å². The van der Waals surface area contributed by atoms with E-state index < -0.39 is 33.6 Å². The number of methoxy groups -OCH3 is 3. The Kier molecular flexibility index (Phi) is 7.09. The van der Waals surface area contributed by atoms with E-state index >= 15 is 0 Å². The lowest BCUT2D eigenvalue weighted by molar-refractivity contribution is -0.136. The van der Waals surface area contributed by atoms with Crippen LogP contribution < -0.4 is 20.1 Å². The Balaban J connectivity index is 2.11. The molecule has 0 spiro atoms. The topological polar surface area (TPSA) is 120 Å². The Labute approximate surface area is 193 Å². The van der Waals surface area contributed by atoms with Crippen molar-refractivity contribution in [3.8, 4) is 11.5 Å². The summed E-state index contributed by atoms with van der Waals surface area (Å²) in [5.74, 6) is -0.543. The molecule has 9 nitrogen and oxygen atoms in total. The molecule has 1 atom stereocenters. The average molecular weight is 525 g/mol. The van der Waals surface area contributed by atoms with Crippen LogP contribution in [-0.2, 0) is 19.4 Å². The number of ether oxygens (including phenoxy) is 3. The number of benzene rings is 2. The molecular weight excluding hydrogens is 504 g/mol. The lowest BCUT2D eigenvalue weighted by Crippen LogP contribution is -2.47. The molecule has 2 aromatic carbocycles. The number of hydrogen-bond acceptors (Lipinski definition) is 7. The van der Waals surface area contributed by atoms with Crippen LogP contribution in [0.3, 0.4) is 0 Å². The van der Waals surface area contributed by atoms with E-state index in [1.807, 2.05) is 0 Å². The predicted octanol–water partition coefficient (Wildman–Crippen LogP) is 2.72. The minimum Gasteiger partial charge on any atom is -0.493 e. The monoisotopic (exact) mass is 524 g/mol. The highest BCUT2D eigenvalue weighted by Crippen LogP contribution is 2.35. The third-order valence-electron chi connectivity index (χ3n) is 4.81. The second-order valence-corrected chi connectivity index (χ2v) is 9.65. The first kappa shape index (κ1) is 23.6. The van der Waals surface area contributed by atoms with Crippen LogP contribution in [0, 0.1) is 0 Å². The molecular formula is C21H21BrN2O7S. The van der Waals surface area contributed by atoms with Gasteiger partial charge < -0.3 is 24.8 Å². The summed E-state index contributed by atoms with van der Waals surface area (Å²) >= 11 is 3.26. The second-order valence-electron chi connectivity index (χ2n) is 6.74. The molecule has 0 saturated carbocycles. The largest absolute Gasteiger partial charge is 0.493 e. The summed E-state index contributed by atoms with van der Waals surface area (Å²) in [6.07, 6.45) is 0. The summed E-state index contributed by atoms with van der Waals surface area (Å²) in [5.41, 5.74) is 0.389. The van der Waals surface area contributed by atoms with E-state index in [4.69, 9.17) is 14.2 Å². The number of nitrogens with one attached hydrogen (secondary N) is 2. The summed E-state index contributed by atoms with van der Waals surface area (Å²) in [7, 11) is 0.236. The number of hydrogen-bond donors (Lipinski definition) is 2. The number of halogens is 1. The van der Waals surface area contributed by atoms with E-state index in [1.54, 1.807) is 30.3 Å². The first-order valence-electron chi connectivity index (χ1n) is 9.29. The minimum atomic E-state index is -3.88. The Hall–Kier alpha value is -3.05. The summed E-state index contributed by atoms with van der Waals surface area (Å²) < 4.78 is 42.1. The molecule has 0 saturated heterocycles. The van der Waals surface area contributed by atoms with E-state index in [-0.39, 0.29) is 16.2 Å². The summed E-state index contributed by atoms with van der Waals surface area (Å²) in [4.78, 5) is 25.1. The number of urea groups is 1. The van der Waals surface area contributed by atoms with Crippen molar-refractivity contribution in [3.05, 3.63) is 63.8 Å². The molecule has 0 aliphatic carbocycles. The number of carbonyl (C=O) groups is 2. The normalized spacial score (nSPS) is 16.1. The van der Waals surface area contributed by atoms with Gasteiger partial charge in [0, 0.05) is 10.2 Å². The molecule has 0 unspecified atom stereocenters. The van der Waals surface area contributed by atoms with Gasteiger partial charge in [-0.1, -0.05) is 22.0 Å². The van der Waals surface area contributed by atoms with Crippen molar-refractivity contribution in [3.63, 3.8) is 0 Å². The number of rotatable bonds is 7. The van der Waals surface area contributed by atoms with Crippen molar-refractivity contribution in [1.29, 1.82) is 0 Å². The smallest absolute Gasteiger partial charge is 0.338 e. The molecule has 1 aliphatic heterocycles. The summed E-state index contributed by atoms with van der Waals surface area (Å²) in [6, 6.07) is 9.30. The molecule has 0 fully saturated rings. The zero-order valence-corrected chi connectivity index (χ0v) is 19.9. The Morgan fingerprint density at radius 2 is 1.69 bits per heavy atom. The lowest BCUT2D eigenvalue weighted by Gasteiger charge is -2.29. The van der Waals surface area contributed by atoms with Gasteiger partial charge >= 0.3 is 12.0 Å². The van der Waals surface area contributed by atoms with E-state index in [0.29, 0.717) is 17.1 Å². The molecule has 2 N–H and O–H groups in total. The zero-order chi connectivity index (χ0) is 23.5. The van der Waals surface area contributed by atoms with Gasteiger partial charge in [-0.2, -0.15) is 0 Å². The molecule has 32 heavy (non-hydrogen) atoms. The van der Waals surface area contributed by atoms with Crippen LogP contribution in [0.1, 0.15) is 11.6 Å². The SMILES string of the molecule is COC(=O)C1=C(CS(=O)(=O)c2ccc(Br)cc2)NC(=O)N[C@H]1c1ccc(OC)c(OC)c1. The van der Waals surface area contributed by atoms with Crippen LogP contribution >= 0.6 is 15.9 Å². The average Bonchev–Trinajstić information content (AvgIpc) is 2.77. The summed E-state index contributed by atoms with van der Waals surface area (Å²) in [5, 5.41) is 5.10. The fourth-order valence-electron chi connectivity index (χ4n) is 3.28. The minimum absolute atomic E-state index is 0.0278. The van der Waals surface area contributed by atoms with Crippen molar-refractivity contribution < 1.29 is 32.2 Å². The Morgan fingerprint density at radius 3 is 2.28 bits per heavy atom. The third kappa shape index (κ3) is 4.89. The van der Waals surface area contributed by atoms with Gasteiger partial charge in [0.15, 0.2) is 21.3 Å². The molecule has 1 heterocycles. The third-order valence-corrected chi connectivity index (χ3v) is 6.99. The maximum Gasteiger partial charge on any atom is 0.338 e. The molecule has 2 aromatic rings. The van der Waals surface area contributed by atoms with Gasteiger partial charge in [0.2, 0.25) is 0 Å². The van der Waals surface area contributed by atoms with Crippen molar-refractivity contribution in [1.82, 2.24) is 10.6 Å². The molecule has 0 radical (unpaired) electrons. The molecule has 0 bridgehead atoms. The van der Waals surface area contributed by atoms with E-state index in [1.165, 1.54) is 33.5 Å². The zero-order valence-electron chi connectivity index (χ0n) is 17.5. The maximum atomic E-state index is 13.0. The van der Waals surface area contributed by atoms with Crippen molar-refractivity contribution in [2.24, 2.45) is 0 Å². The van der Waals surface area contributed by atoms with Crippen LogP contribution in [0.25, 0.3) is 0 Å². The van der Waals surface area contributed by atoms with Crippen LogP contribution in [0.2, 0.25) is 0 Å². The number of carbonyl (C=O) groups excluding carboxylic acids is 2. The van der Waals surface area contributed by atoms with Gasteiger partial charge in [0.25, 0.3) is 0 Å². The highest BCUT2D eigenvalue weighted by Gasteiger charge is 2.36. The van der Waals surface area contributed by atoms with Crippen LogP contribution in [0.15, 0.2) is 63.1 Å². The second kappa shape index (κ2) is 9.61. The van der Waals surface area contributed by atoms with E-state index in [2.05, 4.69) is 26.6 Å². The van der Waals surface area contributed by atoms with Crippen LogP contribution in [-0.4, -0.2) is 47.5 Å². The quantitative estimate of drug-likeness (QED) is 0.534. The van der Waals surface area contributed by atoms with E-state index in [9.17, 15) is 18.0 Å².